The second-order valence-corrected chi connectivity index (χ2v) is 15.4. The maximum absolute atomic E-state index is 2.47. The number of hydrogen-bond donors (Lipinski definition) is 0. The zero-order valence-corrected chi connectivity index (χ0v) is 23.1. The second kappa shape index (κ2) is 9.01. The molecule has 2 aliphatic carbocycles. The van der Waals surface area contributed by atoms with Crippen molar-refractivity contribution in [3.63, 3.8) is 0 Å². The minimum absolute atomic E-state index is 0. The molecule has 6 rings (SSSR count). The van der Waals surface area contributed by atoms with E-state index >= 15 is 0 Å². The number of halogens is 2. The molecule has 1 atom stereocenters. The van der Waals surface area contributed by atoms with E-state index in [1.807, 2.05) is 0 Å². The number of hydrogen-bond acceptors (Lipinski definition) is 0. The molecular formula is C25H22Cl2PSiZr. The standard InChI is InChI=1S/C15H11.C10H11PSi.2ClH.Zr/c1-2-6-12(7-3-1)14-10-4-8-13-9-5-11-15(13)14;1-6-10-9-7(11-6)4-5-8(9)12(10,2)3;;;/h1-11H;4-5H,1-3H3;2*1H;/q;;;;+2/p-2. The third-order valence-electron chi connectivity index (χ3n) is 6.15. The predicted octanol–water partition coefficient (Wildman–Crippen LogP) is 1.04. The normalized spacial score (nSPS) is 21.0. The van der Waals surface area contributed by atoms with E-state index in [0.717, 1.165) is 0 Å². The Hall–Kier alpha value is -0.750. The fraction of sp³-hybridized carbons (Fsp3) is 0.160. The van der Waals surface area contributed by atoms with Crippen molar-refractivity contribution in [1.82, 2.24) is 0 Å². The van der Waals surface area contributed by atoms with E-state index < -0.39 is 8.07 Å². The molecule has 0 radical (unpaired) electrons. The summed E-state index contributed by atoms with van der Waals surface area (Å²) in [5, 5.41) is 6.67. The van der Waals surface area contributed by atoms with Crippen LogP contribution in [0.1, 0.15) is 21.7 Å². The Balaban J connectivity index is 0.000000165. The molecule has 0 amide bonds. The van der Waals surface area contributed by atoms with Crippen molar-refractivity contribution in [3.8, 4) is 11.1 Å². The summed E-state index contributed by atoms with van der Waals surface area (Å²) in [6, 6.07) is 17.3. The van der Waals surface area contributed by atoms with Crippen LogP contribution < -0.4 is 24.8 Å². The Kier molecular flexibility index (Phi) is 7.18. The van der Waals surface area contributed by atoms with E-state index in [4.69, 9.17) is 0 Å². The first kappa shape index (κ1) is 23.9. The summed E-state index contributed by atoms with van der Waals surface area (Å²) in [4.78, 5) is 0. The van der Waals surface area contributed by atoms with Crippen molar-refractivity contribution in [3.05, 3.63) is 99.2 Å². The second-order valence-electron chi connectivity index (χ2n) is 8.22. The summed E-state index contributed by atoms with van der Waals surface area (Å²) in [7, 11) is 0.396. The van der Waals surface area contributed by atoms with Gasteiger partial charge in [-0.15, -0.1) is 0 Å². The summed E-state index contributed by atoms with van der Waals surface area (Å²) in [5.41, 5.74) is 7.22. The SMILES string of the molecule is CC1=PC2=CC=C3C2=C1[Si]3(C)C.[Cl-].[Cl-].[Zr+2][CH]1C=Cc2c(-c3ccccc3)cccc21. The first-order valence-corrected chi connectivity index (χ1v) is 15.1. The van der Waals surface area contributed by atoms with Gasteiger partial charge in [-0.2, -0.15) is 0 Å². The Bertz CT molecular complexity index is 1160. The van der Waals surface area contributed by atoms with Gasteiger partial charge in [-0.25, -0.2) is 0 Å². The van der Waals surface area contributed by atoms with Gasteiger partial charge in [-0.05, 0) is 34.3 Å². The summed E-state index contributed by atoms with van der Waals surface area (Å²) in [6.45, 7) is 7.24. The summed E-state index contributed by atoms with van der Waals surface area (Å²) >= 11 is 1.57. The molecule has 149 valence electrons. The Morgan fingerprint density at radius 1 is 0.933 bits per heavy atom. The molecule has 5 heteroatoms. The molecule has 2 aliphatic heterocycles. The van der Waals surface area contributed by atoms with Gasteiger partial charge in [0.25, 0.3) is 0 Å². The number of benzene rings is 2. The molecule has 0 nitrogen and oxygen atoms in total. The molecular weight excluding hydrogens is 521 g/mol. The molecule has 2 aromatic carbocycles. The quantitative estimate of drug-likeness (QED) is 0.373. The van der Waals surface area contributed by atoms with E-state index in [1.54, 1.807) is 51.3 Å². The van der Waals surface area contributed by atoms with Gasteiger partial charge >= 0.3 is 111 Å². The van der Waals surface area contributed by atoms with Crippen LogP contribution >= 0.6 is 8.20 Å². The molecule has 4 aliphatic rings. The van der Waals surface area contributed by atoms with E-state index in [9.17, 15) is 0 Å². The van der Waals surface area contributed by atoms with E-state index in [-0.39, 0.29) is 24.8 Å². The van der Waals surface area contributed by atoms with E-state index in [2.05, 4.69) is 92.9 Å². The maximum atomic E-state index is 2.47. The molecule has 0 aromatic heterocycles. The third kappa shape index (κ3) is 3.70. The van der Waals surface area contributed by atoms with Gasteiger partial charge in [0.2, 0.25) is 0 Å². The molecule has 0 fully saturated rings. The van der Waals surface area contributed by atoms with Gasteiger partial charge < -0.3 is 24.8 Å². The molecule has 2 heterocycles. The molecule has 1 unspecified atom stereocenters. The Morgan fingerprint density at radius 2 is 1.67 bits per heavy atom. The van der Waals surface area contributed by atoms with E-state index in [0.29, 0.717) is 3.63 Å². The van der Waals surface area contributed by atoms with Crippen molar-refractivity contribution >= 4 is 27.6 Å². The number of fused-ring (bicyclic) bond motifs is 1. The fourth-order valence-electron chi connectivity index (χ4n) is 4.80. The molecule has 30 heavy (non-hydrogen) atoms. The minimum atomic E-state index is -1.09. The van der Waals surface area contributed by atoms with Crippen LogP contribution in [0.5, 0.6) is 0 Å². The van der Waals surface area contributed by atoms with Gasteiger partial charge in [0.05, 0.1) is 0 Å². The molecule has 0 saturated carbocycles. The number of rotatable bonds is 1. The molecule has 2 aromatic rings. The van der Waals surface area contributed by atoms with Crippen LogP contribution in [0.4, 0.5) is 0 Å². The van der Waals surface area contributed by atoms with Gasteiger partial charge in [0, 0.05) is 5.31 Å². The van der Waals surface area contributed by atoms with Gasteiger partial charge in [-0.1, -0.05) is 27.4 Å². The van der Waals surface area contributed by atoms with Crippen LogP contribution in [0.2, 0.25) is 13.1 Å². The van der Waals surface area contributed by atoms with Crippen molar-refractivity contribution < 1.29 is 49.5 Å². The number of allylic oxidation sites excluding steroid dienone is 7. The van der Waals surface area contributed by atoms with Crippen molar-refractivity contribution in [1.29, 1.82) is 0 Å². The topological polar surface area (TPSA) is 0 Å². The zero-order valence-electron chi connectivity index (χ0n) is 17.2. The van der Waals surface area contributed by atoms with Crippen molar-refractivity contribution in [2.24, 2.45) is 0 Å². The van der Waals surface area contributed by atoms with Crippen LogP contribution in [0, 0.1) is 0 Å². The van der Waals surface area contributed by atoms with Crippen LogP contribution in [-0.4, -0.2) is 13.4 Å². The predicted molar refractivity (Wildman–Crippen MR) is 122 cm³/mol. The Labute approximate surface area is 209 Å². The van der Waals surface area contributed by atoms with Crippen LogP contribution in [0.3, 0.4) is 0 Å². The monoisotopic (exact) mass is 541 g/mol. The first-order chi connectivity index (χ1) is 13.5. The average Bonchev–Trinajstić information content (AvgIpc) is 3.33. The summed E-state index contributed by atoms with van der Waals surface area (Å²) in [6.07, 6.45) is 9.27. The molecule has 0 saturated heterocycles. The van der Waals surface area contributed by atoms with Crippen LogP contribution in [-0.2, 0) is 24.7 Å². The third-order valence-corrected chi connectivity index (χ3v) is 12.4. The van der Waals surface area contributed by atoms with Crippen molar-refractivity contribution in [2.45, 2.75) is 23.6 Å². The van der Waals surface area contributed by atoms with Gasteiger partial charge in [0.15, 0.2) is 0 Å². The fourth-order valence-corrected chi connectivity index (χ4v) is 11.2. The summed E-state index contributed by atoms with van der Waals surface area (Å²) < 4.78 is 0.644. The Morgan fingerprint density at radius 3 is 2.40 bits per heavy atom. The van der Waals surface area contributed by atoms with E-state index in [1.165, 1.54) is 30.5 Å². The molecule has 0 spiro atoms. The average molecular weight is 544 g/mol. The van der Waals surface area contributed by atoms with Crippen molar-refractivity contribution in [2.75, 3.05) is 0 Å². The molecule has 0 N–H and O–H groups in total. The van der Waals surface area contributed by atoms with Crippen LogP contribution in [0.15, 0.2) is 88.0 Å². The zero-order chi connectivity index (χ0) is 19.5. The van der Waals surface area contributed by atoms with Gasteiger partial charge in [0.1, 0.15) is 8.07 Å². The summed E-state index contributed by atoms with van der Waals surface area (Å²) in [5.74, 6) is 0. The van der Waals surface area contributed by atoms with Gasteiger partial charge in [-0.3, -0.25) is 0 Å². The molecule has 0 bridgehead atoms. The van der Waals surface area contributed by atoms with Crippen LogP contribution in [0.25, 0.3) is 17.2 Å². The first-order valence-electron chi connectivity index (χ1n) is 9.80.